The maximum atomic E-state index is 13.4. The molecule has 10 N–H and O–H groups in total. The lowest BCUT2D eigenvalue weighted by Crippen LogP contribution is -2.70. The van der Waals surface area contributed by atoms with Gasteiger partial charge in [0, 0.05) is 17.8 Å². The molecule has 340 valence electrons. The van der Waals surface area contributed by atoms with Crippen LogP contribution < -0.4 is 31.9 Å². The van der Waals surface area contributed by atoms with Crippen LogP contribution in [0.25, 0.3) is 0 Å². The van der Waals surface area contributed by atoms with Crippen molar-refractivity contribution in [1.29, 1.82) is 0 Å². The van der Waals surface area contributed by atoms with Gasteiger partial charge in [0.1, 0.15) is 36.6 Å². The van der Waals surface area contributed by atoms with Gasteiger partial charge in [0.25, 0.3) is 0 Å². The van der Waals surface area contributed by atoms with Crippen molar-refractivity contribution in [3.05, 3.63) is 59.7 Å². The number of hydrogen-bond acceptors (Lipinski definition) is 11. The summed E-state index contributed by atoms with van der Waals surface area (Å²) in [4.78, 5) is 52.2. The highest BCUT2D eigenvalue weighted by Gasteiger charge is 2.50. The molecule has 6 amide bonds. The van der Waals surface area contributed by atoms with Crippen LogP contribution >= 0.6 is 0 Å². The van der Waals surface area contributed by atoms with E-state index >= 15 is 0 Å². The van der Waals surface area contributed by atoms with Gasteiger partial charge in [-0.15, -0.1) is 0 Å². The molecule has 4 unspecified atom stereocenters. The number of amides is 6. The Bertz CT molecular complexity index is 1780. The fourth-order valence-corrected chi connectivity index (χ4v) is 6.63. The van der Waals surface area contributed by atoms with E-state index in [1.54, 1.807) is 0 Å². The third-order valence-electron chi connectivity index (χ3n) is 9.78. The Labute approximate surface area is 345 Å². The van der Waals surface area contributed by atoms with Crippen molar-refractivity contribution < 1.29 is 80.2 Å². The summed E-state index contributed by atoms with van der Waals surface area (Å²) in [6.07, 6.45) is -15.4. The van der Waals surface area contributed by atoms with Crippen molar-refractivity contribution in [1.82, 2.24) is 21.3 Å². The summed E-state index contributed by atoms with van der Waals surface area (Å²) in [5, 5.41) is 56.3. The van der Waals surface area contributed by atoms with Crippen molar-refractivity contribution in [3.63, 3.8) is 0 Å². The number of nitrogens with one attached hydrogen (secondary N) is 6. The predicted octanol–water partition coefficient (Wildman–Crippen LogP) is 2.58. The first-order valence-corrected chi connectivity index (χ1v) is 19.4. The average Bonchev–Trinajstić information content (AvgIpc) is 3.20. The molecule has 2 fully saturated rings. The monoisotopic (exact) mass is 880 g/mol. The average molecular weight is 881 g/mol. The summed E-state index contributed by atoms with van der Waals surface area (Å²) in [5.41, 5.74) is -2.79. The number of halogens is 6. The maximum absolute atomic E-state index is 13.4. The zero-order valence-corrected chi connectivity index (χ0v) is 32.8. The van der Waals surface area contributed by atoms with Gasteiger partial charge in [-0.05, 0) is 42.8 Å². The molecule has 0 spiro atoms. The summed E-state index contributed by atoms with van der Waals surface area (Å²) in [7, 11) is 0. The summed E-state index contributed by atoms with van der Waals surface area (Å²) in [6.45, 7) is -0.737. The van der Waals surface area contributed by atoms with Crippen LogP contribution in [0.5, 0.6) is 0 Å². The maximum Gasteiger partial charge on any atom is 0.416 e. The molecule has 0 bridgehead atoms. The lowest BCUT2D eigenvalue weighted by molar-refractivity contribution is -0.293. The molecule has 0 aliphatic carbocycles. The Morgan fingerprint density at radius 3 is 1.87 bits per heavy atom. The van der Waals surface area contributed by atoms with Crippen LogP contribution in [0.3, 0.4) is 0 Å². The summed E-state index contributed by atoms with van der Waals surface area (Å²) in [6, 6.07) is 0.201. The Morgan fingerprint density at radius 2 is 1.31 bits per heavy atom. The van der Waals surface area contributed by atoms with Gasteiger partial charge in [0.15, 0.2) is 6.29 Å². The van der Waals surface area contributed by atoms with Crippen LogP contribution in [0.1, 0.15) is 56.6 Å². The molecule has 4 rings (SSSR count). The minimum Gasteiger partial charge on any atom is -0.394 e. The molecule has 0 saturated carbocycles. The third kappa shape index (κ3) is 14.4. The van der Waals surface area contributed by atoms with Gasteiger partial charge in [0.05, 0.1) is 49.6 Å². The van der Waals surface area contributed by atoms with Gasteiger partial charge in [-0.25, -0.2) is 9.59 Å². The van der Waals surface area contributed by atoms with E-state index in [9.17, 15) is 65.9 Å². The minimum absolute atomic E-state index is 0.135. The topological polar surface area (TPSA) is 249 Å². The fraction of sp³-hybridized carbons (Fsp3) is 0.579. The van der Waals surface area contributed by atoms with Gasteiger partial charge in [-0.1, -0.05) is 44.7 Å². The van der Waals surface area contributed by atoms with Crippen molar-refractivity contribution in [2.75, 3.05) is 37.0 Å². The summed E-state index contributed by atoms with van der Waals surface area (Å²) in [5.74, 6) is -1.27. The first-order valence-electron chi connectivity index (χ1n) is 19.4. The molecule has 2 aromatic rings. The normalized spacial score (nSPS) is 25.5. The Kier molecular flexibility index (Phi) is 17.9. The molecular formula is C38H50F6N6O11. The zero-order chi connectivity index (χ0) is 44.9. The molecular weight excluding hydrogens is 830 g/mol. The largest absolute Gasteiger partial charge is 0.416 e. The van der Waals surface area contributed by atoms with E-state index in [1.165, 1.54) is 6.07 Å². The number of rotatable bonds is 17. The molecule has 61 heavy (non-hydrogen) atoms. The van der Waals surface area contributed by atoms with E-state index < -0.39 is 129 Å². The van der Waals surface area contributed by atoms with Crippen LogP contribution in [0.15, 0.2) is 48.5 Å². The molecule has 23 heteroatoms. The van der Waals surface area contributed by atoms with E-state index in [1.807, 2.05) is 6.92 Å². The number of urea groups is 2. The van der Waals surface area contributed by atoms with E-state index in [0.717, 1.165) is 56.0 Å². The fourth-order valence-electron chi connectivity index (χ4n) is 6.63. The van der Waals surface area contributed by atoms with Gasteiger partial charge >= 0.3 is 24.4 Å². The van der Waals surface area contributed by atoms with Gasteiger partial charge < -0.3 is 66.5 Å². The number of carbonyl (C=O) groups excluding carboxylic acids is 4. The quantitative estimate of drug-likeness (QED) is 0.0818. The number of aliphatic hydroxyl groups is 4. The van der Waals surface area contributed by atoms with E-state index in [2.05, 4.69) is 31.9 Å². The molecule has 17 nitrogen and oxygen atoms in total. The second-order valence-electron chi connectivity index (χ2n) is 14.4. The van der Waals surface area contributed by atoms with Crippen LogP contribution in [0.4, 0.5) is 47.3 Å². The predicted molar refractivity (Wildman–Crippen MR) is 203 cm³/mol. The van der Waals surface area contributed by atoms with Crippen LogP contribution in [-0.2, 0) is 36.2 Å². The number of carbonyl (C=O) groups is 4. The number of anilines is 2. The van der Waals surface area contributed by atoms with E-state index in [-0.39, 0.29) is 17.8 Å². The van der Waals surface area contributed by atoms with Gasteiger partial charge in [0.2, 0.25) is 11.8 Å². The minimum atomic E-state index is -4.76. The van der Waals surface area contributed by atoms with E-state index in [0.29, 0.717) is 18.6 Å². The lowest BCUT2D eigenvalue weighted by Gasteiger charge is -2.47. The molecule has 0 aromatic heterocycles. The van der Waals surface area contributed by atoms with Crippen molar-refractivity contribution in [2.45, 2.75) is 113 Å². The zero-order valence-electron chi connectivity index (χ0n) is 32.8. The molecule has 9 atom stereocenters. The van der Waals surface area contributed by atoms with Crippen molar-refractivity contribution in [2.24, 2.45) is 0 Å². The number of aliphatic hydroxyl groups excluding tert-OH is 4. The third-order valence-corrected chi connectivity index (χ3v) is 9.78. The highest BCUT2D eigenvalue weighted by atomic mass is 19.4. The molecule has 2 heterocycles. The molecule has 2 saturated heterocycles. The first-order chi connectivity index (χ1) is 28.8. The standard InChI is InChI=1S/C38H50F6N6O11/c1-2-3-4-5-6-13-27(53)45-16-28(54)49-29-25(17-51)59-19-24(48-35(57)46-22-11-7-9-20(14-22)37(39,40)41)33(29)61-34-30(32(56)31(55)26(18-52)60-34)50-36(58)47-23-12-8-10-21(15-23)38(42,43)44/h7-12,14-15,24-26,29-34,51-52,55-56H,2-6,13,16-19H2,1H3,(H,45,53)(H,49,54)(H2,46,48,57)(H2,47,50,58)/t24?,25?,26?,29-,30?,31-,32+,33+,34-/m0/s1. The molecule has 2 aliphatic rings. The van der Waals surface area contributed by atoms with Gasteiger partial charge in [-0.3, -0.25) is 9.59 Å². The SMILES string of the molecule is CCCCCCCC(=O)NCC(=O)N[C@H]1C(CO)OCC(NC(=O)Nc2cccc(C(F)(F)F)c2)[C@H]1O[C@@H]1OC(CO)[C@H](O)[C@H](O)C1NC(=O)Nc1cccc(C(F)(F)F)c1. The number of ether oxygens (including phenoxy) is 3. The van der Waals surface area contributed by atoms with Gasteiger partial charge in [-0.2, -0.15) is 26.3 Å². The summed E-state index contributed by atoms with van der Waals surface area (Å²) < 4.78 is 97.8. The van der Waals surface area contributed by atoms with Crippen LogP contribution in [0, 0.1) is 0 Å². The smallest absolute Gasteiger partial charge is 0.394 e. The van der Waals surface area contributed by atoms with Crippen LogP contribution in [-0.4, -0.2) is 126 Å². The second kappa shape index (κ2) is 22.4. The second-order valence-corrected chi connectivity index (χ2v) is 14.4. The summed E-state index contributed by atoms with van der Waals surface area (Å²) >= 11 is 0. The Morgan fingerprint density at radius 1 is 0.738 bits per heavy atom. The van der Waals surface area contributed by atoms with Crippen molar-refractivity contribution >= 4 is 35.3 Å². The number of benzene rings is 2. The van der Waals surface area contributed by atoms with Crippen LogP contribution in [0.2, 0.25) is 0 Å². The van der Waals surface area contributed by atoms with E-state index in [4.69, 9.17) is 14.2 Å². The number of unbranched alkanes of at least 4 members (excludes halogenated alkanes) is 4. The number of hydrogen-bond donors (Lipinski definition) is 10. The number of alkyl halides is 6. The van der Waals surface area contributed by atoms with Crippen molar-refractivity contribution in [3.8, 4) is 0 Å². The highest BCUT2D eigenvalue weighted by Crippen LogP contribution is 2.32. The lowest BCUT2D eigenvalue weighted by atomic mass is 9.93. The Hall–Kier alpha value is -4.78. The Balaban J connectivity index is 1.61. The molecule has 0 radical (unpaired) electrons. The molecule has 2 aliphatic heterocycles. The highest BCUT2D eigenvalue weighted by molar-refractivity contribution is 5.90. The first kappa shape index (κ1) is 48.9. The molecule has 2 aromatic carbocycles.